The van der Waals surface area contributed by atoms with E-state index in [-0.39, 0.29) is 36.0 Å². The van der Waals surface area contributed by atoms with E-state index in [0.717, 1.165) is 22.7 Å². The van der Waals surface area contributed by atoms with Crippen LogP contribution in [0.4, 0.5) is 5.82 Å². The van der Waals surface area contributed by atoms with E-state index in [2.05, 4.69) is 120 Å². The molecular weight excluding hydrogens is 964 g/mol. The van der Waals surface area contributed by atoms with Crippen LogP contribution in [0, 0.1) is 0 Å². The van der Waals surface area contributed by atoms with Gasteiger partial charge in [-0.15, -0.1) is 4.67 Å². The number of imidazole rings is 1. The molecule has 1 saturated heterocycles. The fourth-order valence-corrected chi connectivity index (χ4v) is 17.0. The number of rotatable bonds is 22. The zero-order valence-corrected chi connectivity index (χ0v) is 45.2. The van der Waals surface area contributed by atoms with Gasteiger partial charge in [-0.25, -0.2) is 19.8 Å². The first kappa shape index (κ1) is 52.3. The van der Waals surface area contributed by atoms with Crippen molar-refractivity contribution in [3.63, 3.8) is 0 Å². The van der Waals surface area contributed by atoms with E-state index < -0.39 is 41.4 Å². The summed E-state index contributed by atoms with van der Waals surface area (Å²) < 4.78 is 37.5. The molecule has 0 saturated carbocycles. The number of fused-ring (bicyclic) bond motifs is 1. The summed E-state index contributed by atoms with van der Waals surface area (Å²) in [6.45, 7) is 8.55. The number of hydrogen-bond acceptors (Lipinski definition) is 11. The van der Waals surface area contributed by atoms with Gasteiger partial charge in [-0.1, -0.05) is 133 Å². The molecule has 74 heavy (non-hydrogen) atoms. The van der Waals surface area contributed by atoms with Gasteiger partial charge in [0.15, 0.2) is 17.0 Å². The number of anilines is 1. The van der Waals surface area contributed by atoms with E-state index in [9.17, 15) is 9.69 Å². The molecule has 3 heterocycles. The molecule has 0 radical (unpaired) electrons. The Morgan fingerprint density at radius 2 is 1.27 bits per heavy atom. The molecule has 1 aliphatic heterocycles. The van der Waals surface area contributed by atoms with Crippen LogP contribution in [-0.4, -0.2) is 95.8 Å². The topological polar surface area (TPSA) is 142 Å². The van der Waals surface area contributed by atoms with Crippen LogP contribution in [0.25, 0.3) is 11.2 Å². The number of benzene rings is 6. The molecule has 1 amide bonds. The zero-order chi connectivity index (χ0) is 51.7. The Hall–Kier alpha value is -6.61. The fraction of sp³-hybridized carbons (Fsp3) is 0.288. The van der Waals surface area contributed by atoms with E-state index in [1.54, 1.807) is 32.7 Å². The Morgan fingerprint density at radius 3 is 1.81 bits per heavy atom. The average Bonchev–Trinajstić information content (AvgIpc) is 4.05. The minimum absolute atomic E-state index is 0.0310. The number of carbonyl (C=O) groups excluding carboxylic acids is 1. The van der Waals surface area contributed by atoms with Gasteiger partial charge in [0, 0.05) is 33.6 Å². The summed E-state index contributed by atoms with van der Waals surface area (Å²) in [4.78, 5) is 40.8. The lowest BCUT2D eigenvalue weighted by Gasteiger charge is -2.38. The SMILES string of the molecule is COc1ccc(C(OC[C@H]2O[C@@H](n3cnc4c(NC(=O)c5ccccc5)ncnc43)C[C@@H]2O[P+](O)(CC[SiH2]C(c2ccccc2)c2ccccc2)N(C(C)C)C(C)C)(c2ccccc2)c2ccc(OC)cc2)cc1. The van der Waals surface area contributed by atoms with Crippen molar-refractivity contribution in [2.24, 2.45) is 0 Å². The van der Waals surface area contributed by atoms with Gasteiger partial charge in [-0.2, -0.15) is 4.52 Å². The van der Waals surface area contributed by atoms with E-state index in [4.69, 9.17) is 28.5 Å². The summed E-state index contributed by atoms with van der Waals surface area (Å²) in [6, 6.07) is 57.2. The fourth-order valence-electron chi connectivity index (χ4n) is 10.5. The predicted octanol–water partition coefficient (Wildman–Crippen LogP) is 11.0. The smallest absolute Gasteiger partial charge is 0.345 e. The number of aromatic nitrogens is 4. The van der Waals surface area contributed by atoms with Gasteiger partial charge in [0.05, 0.1) is 27.2 Å². The molecule has 382 valence electrons. The number of carbonyl (C=O) groups is 1. The first-order valence-electron chi connectivity index (χ1n) is 25.4. The van der Waals surface area contributed by atoms with E-state index in [1.165, 1.54) is 17.5 Å². The highest BCUT2D eigenvalue weighted by Crippen LogP contribution is 2.64. The van der Waals surface area contributed by atoms with Crippen molar-refractivity contribution in [2.45, 2.75) is 81.8 Å². The molecule has 13 nitrogen and oxygen atoms in total. The predicted molar refractivity (Wildman–Crippen MR) is 296 cm³/mol. The summed E-state index contributed by atoms with van der Waals surface area (Å²) in [5, 5.41) is 2.94. The van der Waals surface area contributed by atoms with Crippen LogP contribution in [0.3, 0.4) is 0 Å². The minimum atomic E-state index is -3.37. The molecule has 4 atom stereocenters. The standard InChI is InChI=1S/C59H65N6O7PSi/c1-41(2)65(42(3)4)73(67,35-36-74-55(43-19-11-7-12-20-43)44-21-13-8-14-22-44)72-51-37-53(64-40-62-54-56(60-39-61-57(54)64)63-58(66)45-23-15-9-16-24-45)71-52(51)38-70-59(46-25-17-10-18-26-46,47-27-31-49(68-5)32-28-47)48-29-33-50(69-6)34-30-48/h7-34,39-42,51-53,55,67H,35-38,74H2,1-6H3/p+1/t51-,52+,53+,73?/m0/s1. The lowest BCUT2D eigenvalue weighted by Crippen LogP contribution is -2.42. The maximum atomic E-state index is 13.5. The second-order valence-corrected chi connectivity index (χ2v) is 23.7. The number of hydrogen-bond donors (Lipinski definition) is 2. The van der Waals surface area contributed by atoms with Crippen LogP contribution in [-0.2, 0) is 19.6 Å². The third kappa shape index (κ3) is 11.4. The van der Waals surface area contributed by atoms with Crippen LogP contribution in [0.5, 0.6) is 11.5 Å². The Bertz CT molecular complexity index is 2950. The second-order valence-electron chi connectivity index (χ2n) is 19.2. The monoisotopic (exact) mass is 1030 g/mol. The molecular formula is C59H66N6O7PSi+. The number of nitrogens with zero attached hydrogens (tertiary/aromatic N) is 5. The van der Waals surface area contributed by atoms with Crippen molar-refractivity contribution < 1.29 is 33.2 Å². The summed E-state index contributed by atoms with van der Waals surface area (Å²) in [6.07, 6.45) is 1.88. The van der Waals surface area contributed by atoms with Crippen LogP contribution in [0.1, 0.15) is 84.1 Å². The van der Waals surface area contributed by atoms with Gasteiger partial charge in [0.1, 0.15) is 48.0 Å². The Labute approximate surface area is 437 Å². The maximum absolute atomic E-state index is 13.5. The Balaban J connectivity index is 1.10. The van der Waals surface area contributed by atoms with Crippen LogP contribution >= 0.6 is 7.87 Å². The van der Waals surface area contributed by atoms with Crippen LogP contribution in [0.2, 0.25) is 6.04 Å². The summed E-state index contributed by atoms with van der Waals surface area (Å²) in [5.74, 6) is 1.39. The average molecular weight is 1030 g/mol. The number of nitrogens with one attached hydrogen (secondary N) is 1. The van der Waals surface area contributed by atoms with Crippen molar-refractivity contribution in [2.75, 3.05) is 32.3 Å². The minimum Gasteiger partial charge on any atom is -0.497 e. The first-order valence-corrected chi connectivity index (χ1v) is 29.0. The maximum Gasteiger partial charge on any atom is 0.345 e. The van der Waals surface area contributed by atoms with Crippen molar-refractivity contribution in [1.82, 2.24) is 24.2 Å². The molecule has 2 N–H and O–H groups in total. The molecule has 1 aliphatic rings. The van der Waals surface area contributed by atoms with Gasteiger partial charge in [0.2, 0.25) is 0 Å². The number of amides is 1. The number of ether oxygens (including phenoxy) is 4. The molecule has 0 spiro atoms. The summed E-state index contributed by atoms with van der Waals surface area (Å²) >= 11 is 0. The van der Waals surface area contributed by atoms with Crippen molar-refractivity contribution in [3.05, 3.63) is 216 Å². The van der Waals surface area contributed by atoms with Gasteiger partial charge < -0.3 is 24.3 Å². The van der Waals surface area contributed by atoms with Crippen LogP contribution in [0.15, 0.2) is 183 Å². The molecule has 0 bridgehead atoms. The Morgan fingerprint density at radius 1 is 0.743 bits per heavy atom. The first-order chi connectivity index (χ1) is 36.0. The molecule has 9 rings (SSSR count). The summed E-state index contributed by atoms with van der Waals surface area (Å²) in [5.41, 5.74) is 5.69. The highest BCUT2D eigenvalue weighted by atomic mass is 31.2. The second kappa shape index (κ2) is 23.7. The van der Waals surface area contributed by atoms with Crippen molar-refractivity contribution in [1.29, 1.82) is 0 Å². The molecule has 0 aliphatic carbocycles. The van der Waals surface area contributed by atoms with Gasteiger partial charge in [-0.05, 0) is 103 Å². The van der Waals surface area contributed by atoms with Crippen molar-refractivity contribution >= 4 is 40.3 Å². The zero-order valence-electron chi connectivity index (χ0n) is 42.9. The Kier molecular flexibility index (Phi) is 16.8. The molecule has 2 aromatic heterocycles. The highest BCUT2D eigenvalue weighted by Gasteiger charge is 2.54. The third-order valence-corrected chi connectivity index (χ3v) is 19.9. The van der Waals surface area contributed by atoms with E-state index in [0.29, 0.717) is 40.8 Å². The highest BCUT2D eigenvalue weighted by molar-refractivity contribution is 7.63. The number of methoxy groups -OCH3 is 2. The van der Waals surface area contributed by atoms with Crippen molar-refractivity contribution in [3.8, 4) is 11.5 Å². The quantitative estimate of drug-likeness (QED) is 0.0380. The molecule has 8 aromatic rings. The molecule has 15 heteroatoms. The molecule has 6 aromatic carbocycles. The normalized spacial score (nSPS) is 16.9. The lowest BCUT2D eigenvalue weighted by molar-refractivity contribution is -0.0915. The van der Waals surface area contributed by atoms with Gasteiger partial charge >= 0.3 is 7.87 Å². The van der Waals surface area contributed by atoms with Gasteiger partial charge in [0.25, 0.3) is 5.91 Å². The van der Waals surface area contributed by atoms with E-state index >= 15 is 0 Å². The van der Waals surface area contributed by atoms with E-state index in [1.807, 2.05) is 89.5 Å². The lowest BCUT2D eigenvalue weighted by atomic mass is 9.80. The molecule has 1 fully saturated rings. The largest absolute Gasteiger partial charge is 0.497 e. The third-order valence-electron chi connectivity index (χ3n) is 13.8. The van der Waals surface area contributed by atoms with Crippen LogP contribution < -0.4 is 14.8 Å². The molecule has 1 unspecified atom stereocenters. The summed E-state index contributed by atoms with van der Waals surface area (Å²) in [7, 11) is -0.935. The van der Waals surface area contributed by atoms with Gasteiger partial charge in [-0.3, -0.25) is 9.36 Å².